The second-order valence-electron chi connectivity index (χ2n) is 5.46. The van der Waals surface area contributed by atoms with Crippen molar-refractivity contribution >= 4 is 18.3 Å². The lowest BCUT2D eigenvalue weighted by atomic mass is 10.1. The average molecular weight is 322 g/mol. The number of nitrogens with one attached hydrogen (secondary N) is 2. The van der Waals surface area contributed by atoms with E-state index in [1.165, 1.54) is 11.1 Å². The third-order valence-electron chi connectivity index (χ3n) is 3.91. The van der Waals surface area contributed by atoms with Crippen LogP contribution in [0.15, 0.2) is 22.7 Å². The molecule has 22 heavy (non-hydrogen) atoms. The molecule has 0 saturated heterocycles. The Kier molecular flexibility index (Phi) is 5.21. The number of hydrogen-bond acceptors (Lipinski definition) is 4. The zero-order valence-electron chi connectivity index (χ0n) is 12.7. The van der Waals surface area contributed by atoms with Crippen LogP contribution in [0.4, 0.5) is 0 Å². The van der Waals surface area contributed by atoms with Gasteiger partial charge in [-0.15, -0.1) is 12.4 Å². The Bertz CT molecular complexity index is 663. The van der Waals surface area contributed by atoms with Crippen LogP contribution in [0, 0.1) is 13.8 Å². The number of aryl methyl sites for hydroxylation is 2. The molecule has 2 heterocycles. The van der Waals surface area contributed by atoms with Gasteiger partial charge in [0, 0.05) is 25.2 Å². The normalized spacial score (nSPS) is 12.6. The highest BCUT2D eigenvalue weighted by Gasteiger charge is 2.14. The lowest BCUT2D eigenvalue weighted by Gasteiger charge is -2.07. The molecule has 2 aromatic rings. The molecule has 5 nitrogen and oxygen atoms in total. The molecule has 1 aliphatic heterocycles. The van der Waals surface area contributed by atoms with Gasteiger partial charge in [0.25, 0.3) is 0 Å². The molecular weight excluding hydrogens is 302 g/mol. The predicted octanol–water partition coefficient (Wildman–Crippen LogP) is 2.18. The van der Waals surface area contributed by atoms with Gasteiger partial charge in [-0.05, 0) is 30.5 Å². The first-order valence-electron chi connectivity index (χ1n) is 7.13. The van der Waals surface area contributed by atoms with Crippen LogP contribution in [0.5, 0.6) is 0 Å². The number of rotatable bonds is 4. The molecule has 1 aliphatic rings. The molecule has 0 spiro atoms. The number of hydrogen-bond donors (Lipinski definition) is 2. The standard InChI is InChI=1S/C16H19N3O2.ClH/c1-10-15(11(2)21-19-10)6-16(20)18-7-12-3-4-13-8-17-9-14(13)5-12;/h3-5,17H,6-9H2,1-2H3,(H,18,20);1H. The maximum Gasteiger partial charge on any atom is 0.224 e. The zero-order chi connectivity index (χ0) is 14.8. The van der Waals surface area contributed by atoms with Gasteiger partial charge in [0.1, 0.15) is 5.76 Å². The second kappa shape index (κ2) is 6.94. The van der Waals surface area contributed by atoms with Gasteiger partial charge in [-0.3, -0.25) is 4.79 Å². The minimum Gasteiger partial charge on any atom is -0.361 e. The molecular formula is C16H20ClN3O2. The third-order valence-corrected chi connectivity index (χ3v) is 3.91. The van der Waals surface area contributed by atoms with E-state index in [0.29, 0.717) is 18.7 Å². The number of amides is 1. The number of fused-ring (bicyclic) bond motifs is 1. The average Bonchev–Trinajstić information content (AvgIpc) is 3.06. The summed E-state index contributed by atoms with van der Waals surface area (Å²) in [5.41, 5.74) is 5.47. The van der Waals surface area contributed by atoms with Gasteiger partial charge in [0.2, 0.25) is 5.91 Å². The van der Waals surface area contributed by atoms with Crippen LogP contribution in [0.25, 0.3) is 0 Å². The van der Waals surface area contributed by atoms with E-state index < -0.39 is 0 Å². The molecule has 6 heteroatoms. The first-order chi connectivity index (χ1) is 10.1. The summed E-state index contributed by atoms with van der Waals surface area (Å²) in [6.07, 6.45) is 0.313. The quantitative estimate of drug-likeness (QED) is 0.905. The van der Waals surface area contributed by atoms with E-state index in [0.717, 1.165) is 29.9 Å². The van der Waals surface area contributed by atoms with Crippen molar-refractivity contribution in [3.63, 3.8) is 0 Å². The molecule has 0 fully saturated rings. The summed E-state index contributed by atoms with van der Waals surface area (Å²) in [7, 11) is 0. The van der Waals surface area contributed by atoms with Crippen molar-refractivity contribution in [1.82, 2.24) is 15.8 Å². The number of carbonyl (C=O) groups excluding carboxylic acids is 1. The second-order valence-corrected chi connectivity index (χ2v) is 5.46. The lowest BCUT2D eigenvalue weighted by Crippen LogP contribution is -2.25. The molecule has 1 aromatic heterocycles. The molecule has 2 N–H and O–H groups in total. The molecule has 1 amide bonds. The molecule has 3 rings (SSSR count). The predicted molar refractivity (Wildman–Crippen MR) is 85.8 cm³/mol. The Balaban J connectivity index is 0.00000176. The molecule has 0 bridgehead atoms. The Morgan fingerprint density at radius 2 is 2.09 bits per heavy atom. The highest BCUT2D eigenvalue weighted by molar-refractivity contribution is 5.85. The lowest BCUT2D eigenvalue weighted by molar-refractivity contribution is -0.120. The Morgan fingerprint density at radius 3 is 2.82 bits per heavy atom. The highest BCUT2D eigenvalue weighted by atomic mass is 35.5. The summed E-state index contributed by atoms with van der Waals surface area (Å²) < 4.78 is 5.07. The summed E-state index contributed by atoms with van der Waals surface area (Å²) in [5.74, 6) is 0.703. The van der Waals surface area contributed by atoms with Crippen LogP contribution in [0.1, 0.15) is 33.7 Å². The molecule has 1 aromatic carbocycles. The Morgan fingerprint density at radius 1 is 1.32 bits per heavy atom. The van der Waals surface area contributed by atoms with Gasteiger partial charge in [0.05, 0.1) is 12.1 Å². The molecule has 0 unspecified atom stereocenters. The summed E-state index contributed by atoms with van der Waals surface area (Å²) in [5, 5.41) is 10.1. The fraction of sp³-hybridized carbons (Fsp3) is 0.375. The van der Waals surface area contributed by atoms with Crippen LogP contribution in [-0.4, -0.2) is 11.1 Å². The SMILES string of the molecule is Cc1noc(C)c1CC(=O)NCc1ccc2c(c1)CNC2.Cl. The van der Waals surface area contributed by atoms with Crippen molar-refractivity contribution in [2.45, 2.75) is 39.9 Å². The van der Waals surface area contributed by atoms with Crippen LogP contribution < -0.4 is 10.6 Å². The first kappa shape index (κ1) is 16.5. The van der Waals surface area contributed by atoms with Crippen LogP contribution in [0.2, 0.25) is 0 Å². The van der Waals surface area contributed by atoms with Gasteiger partial charge in [-0.2, -0.15) is 0 Å². The summed E-state index contributed by atoms with van der Waals surface area (Å²) >= 11 is 0. The van der Waals surface area contributed by atoms with Gasteiger partial charge < -0.3 is 15.2 Å². The Hall–Kier alpha value is -1.85. The van der Waals surface area contributed by atoms with Gasteiger partial charge in [-0.1, -0.05) is 23.4 Å². The molecule has 0 atom stereocenters. The van der Waals surface area contributed by atoms with Crippen molar-refractivity contribution in [3.05, 3.63) is 51.9 Å². The van der Waals surface area contributed by atoms with Crippen LogP contribution in [0.3, 0.4) is 0 Å². The van der Waals surface area contributed by atoms with E-state index in [2.05, 4.69) is 34.0 Å². The zero-order valence-corrected chi connectivity index (χ0v) is 13.5. The summed E-state index contributed by atoms with van der Waals surface area (Å²) in [6, 6.07) is 6.36. The highest BCUT2D eigenvalue weighted by Crippen LogP contribution is 2.17. The van der Waals surface area contributed by atoms with Crippen molar-refractivity contribution in [3.8, 4) is 0 Å². The van der Waals surface area contributed by atoms with Gasteiger partial charge >= 0.3 is 0 Å². The van der Waals surface area contributed by atoms with Crippen molar-refractivity contribution in [2.24, 2.45) is 0 Å². The van der Waals surface area contributed by atoms with E-state index in [1.54, 1.807) is 0 Å². The van der Waals surface area contributed by atoms with Gasteiger partial charge in [0.15, 0.2) is 0 Å². The van der Waals surface area contributed by atoms with E-state index in [-0.39, 0.29) is 18.3 Å². The topological polar surface area (TPSA) is 67.2 Å². The maximum atomic E-state index is 12.0. The molecule has 0 radical (unpaired) electrons. The van der Waals surface area contributed by atoms with Crippen molar-refractivity contribution in [1.29, 1.82) is 0 Å². The first-order valence-corrected chi connectivity index (χ1v) is 7.13. The molecule has 0 aliphatic carbocycles. The smallest absolute Gasteiger partial charge is 0.224 e. The fourth-order valence-electron chi connectivity index (χ4n) is 2.64. The number of aromatic nitrogens is 1. The number of carbonyl (C=O) groups is 1. The summed E-state index contributed by atoms with van der Waals surface area (Å²) in [4.78, 5) is 12.0. The van der Waals surface area contributed by atoms with Crippen LogP contribution >= 0.6 is 12.4 Å². The van der Waals surface area contributed by atoms with E-state index in [1.807, 2.05) is 13.8 Å². The largest absolute Gasteiger partial charge is 0.361 e. The van der Waals surface area contributed by atoms with Crippen molar-refractivity contribution < 1.29 is 9.32 Å². The minimum absolute atomic E-state index is 0. The number of nitrogens with zero attached hydrogens (tertiary/aromatic N) is 1. The number of halogens is 1. The molecule has 0 saturated carbocycles. The monoisotopic (exact) mass is 321 g/mol. The van der Waals surface area contributed by atoms with Gasteiger partial charge in [-0.25, -0.2) is 0 Å². The fourth-order valence-corrected chi connectivity index (χ4v) is 2.64. The van der Waals surface area contributed by atoms with Crippen molar-refractivity contribution in [2.75, 3.05) is 0 Å². The van der Waals surface area contributed by atoms with Crippen LogP contribution in [-0.2, 0) is 30.8 Å². The minimum atomic E-state index is -0.0111. The Labute approximate surface area is 135 Å². The van der Waals surface area contributed by atoms with E-state index in [4.69, 9.17) is 4.52 Å². The maximum absolute atomic E-state index is 12.0. The van der Waals surface area contributed by atoms with E-state index in [9.17, 15) is 4.79 Å². The third kappa shape index (κ3) is 3.48. The van der Waals surface area contributed by atoms with E-state index >= 15 is 0 Å². The molecule has 118 valence electrons. The summed E-state index contributed by atoms with van der Waals surface area (Å²) in [6.45, 7) is 6.09. The number of benzene rings is 1.